The summed E-state index contributed by atoms with van der Waals surface area (Å²) in [7, 11) is 0. The number of H-pyrrole nitrogens is 1. The lowest BCUT2D eigenvalue weighted by Gasteiger charge is -2.36. The van der Waals surface area contributed by atoms with Gasteiger partial charge in [0.2, 0.25) is 0 Å². The minimum absolute atomic E-state index is 0.101. The molecule has 1 saturated heterocycles. The van der Waals surface area contributed by atoms with Crippen molar-refractivity contribution in [2.45, 2.75) is 25.3 Å². The minimum Gasteiger partial charge on any atom is -0.346 e. The van der Waals surface area contributed by atoms with E-state index in [1.807, 2.05) is 23.4 Å². The number of hydrogen-bond acceptors (Lipinski definition) is 6. The van der Waals surface area contributed by atoms with Gasteiger partial charge in [0.05, 0.1) is 10.3 Å². The van der Waals surface area contributed by atoms with Gasteiger partial charge in [0, 0.05) is 43.8 Å². The fourth-order valence-corrected chi connectivity index (χ4v) is 4.47. The quantitative estimate of drug-likeness (QED) is 0.868. The van der Waals surface area contributed by atoms with Crippen molar-refractivity contribution < 1.29 is 4.79 Å². The van der Waals surface area contributed by atoms with E-state index in [1.54, 1.807) is 18.1 Å². The zero-order valence-electron chi connectivity index (χ0n) is 14.0. The number of aromatic amines is 1. The molecule has 1 fully saturated rings. The summed E-state index contributed by atoms with van der Waals surface area (Å²) in [5.41, 5.74) is 6.69. The molecule has 1 amide bonds. The van der Waals surface area contributed by atoms with Crippen LogP contribution in [0.15, 0.2) is 29.7 Å². The van der Waals surface area contributed by atoms with E-state index in [0.29, 0.717) is 6.54 Å². The molecular weight excluding hydrogens is 336 g/mol. The van der Waals surface area contributed by atoms with E-state index in [2.05, 4.69) is 19.9 Å². The van der Waals surface area contributed by atoms with Crippen molar-refractivity contribution >= 4 is 34.5 Å². The number of nitrogens with zero attached hydrogens (tertiary/aromatic N) is 4. The maximum Gasteiger partial charge on any atom is 0.262 e. The minimum atomic E-state index is 0.101. The van der Waals surface area contributed by atoms with E-state index >= 15 is 0 Å². The third-order valence-corrected chi connectivity index (χ3v) is 5.82. The number of likely N-dealkylation sites (tertiary alicyclic amines) is 1. The van der Waals surface area contributed by atoms with E-state index < -0.39 is 0 Å². The Morgan fingerprint density at radius 3 is 3.16 bits per heavy atom. The highest BCUT2D eigenvalue weighted by Gasteiger charge is 2.30. The van der Waals surface area contributed by atoms with Crippen LogP contribution in [-0.4, -0.2) is 57.2 Å². The lowest BCUT2D eigenvalue weighted by atomic mass is 10.0. The van der Waals surface area contributed by atoms with E-state index in [4.69, 9.17) is 5.73 Å². The second-order valence-electron chi connectivity index (χ2n) is 6.36. The van der Waals surface area contributed by atoms with Gasteiger partial charge in [-0.1, -0.05) is 0 Å². The SMILES string of the molecule is NC[C@@H]1CCCCN1C(=O)C1=CN(c2ncnc3[nH]ccc23)CCS1. The molecule has 2 aromatic rings. The van der Waals surface area contributed by atoms with Crippen molar-refractivity contribution in [3.63, 3.8) is 0 Å². The third kappa shape index (κ3) is 3.11. The number of amides is 1. The highest BCUT2D eigenvalue weighted by atomic mass is 32.2. The second kappa shape index (κ2) is 7.05. The number of thioether (sulfide) groups is 1. The molecule has 132 valence electrons. The second-order valence-corrected chi connectivity index (χ2v) is 7.49. The summed E-state index contributed by atoms with van der Waals surface area (Å²) in [4.78, 5) is 29.6. The van der Waals surface area contributed by atoms with Gasteiger partial charge in [-0.15, -0.1) is 11.8 Å². The average molecular weight is 358 g/mol. The first-order valence-corrected chi connectivity index (χ1v) is 9.67. The van der Waals surface area contributed by atoms with Crippen LogP contribution in [0.5, 0.6) is 0 Å². The molecule has 25 heavy (non-hydrogen) atoms. The Hall–Kier alpha value is -2.06. The molecule has 2 aromatic heterocycles. The summed E-state index contributed by atoms with van der Waals surface area (Å²) in [6.07, 6.45) is 8.56. The maximum absolute atomic E-state index is 13.0. The van der Waals surface area contributed by atoms with Crippen LogP contribution in [0.1, 0.15) is 19.3 Å². The summed E-state index contributed by atoms with van der Waals surface area (Å²) < 4.78 is 0. The van der Waals surface area contributed by atoms with Crippen LogP contribution in [0.3, 0.4) is 0 Å². The number of rotatable bonds is 3. The molecular formula is C17H22N6OS. The Morgan fingerprint density at radius 1 is 1.36 bits per heavy atom. The van der Waals surface area contributed by atoms with E-state index in [-0.39, 0.29) is 11.9 Å². The van der Waals surface area contributed by atoms with Crippen LogP contribution in [-0.2, 0) is 4.79 Å². The first kappa shape index (κ1) is 16.4. The van der Waals surface area contributed by atoms with Crippen molar-refractivity contribution in [2.24, 2.45) is 5.73 Å². The van der Waals surface area contributed by atoms with Gasteiger partial charge in [0.25, 0.3) is 5.91 Å². The number of aromatic nitrogens is 3. The lowest BCUT2D eigenvalue weighted by Crippen LogP contribution is -2.48. The van der Waals surface area contributed by atoms with Gasteiger partial charge in [-0.2, -0.15) is 0 Å². The highest BCUT2D eigenvalue weighted by molar-refractivity contribution is 8.04. The van der Waals surface area contributed by atoms with Gasteiger partial charge in [0.15, 0.2) is 0 Å². The highest BCUT2D eigenvalue weighted by Crippen LogP contribution is 2.31. The zero-order chi connectivity index (χ0) is 17.2. The van der Waals surface area contributed by atoms with Crippen molar-refractivity contribution in [2.75, 3.05) is 30.3 Å². The number of anilines is 1. The van der Waals surface area contributed by atoms with Gasteiger partial charge >= 0.3 is 0 Å². The molecule has 2 aliphatic rings. The largest absolute Gasteiger partial charge is 0.346 e. The molecule has 0 saturated carbocycles. The summed E-state index contributed by atoms with van der Waals surface area (Å²) in [6, 6.07) is 2.13. The number of carbonyl (C=O) groups is 1. The molecule has 0 unspecified atom stereocenters. The number of piperidine rings is 1. The average Bonchev–Trinajstić information content (AvgIpc) is 3.16. The van der Waals surface area contributed by atoms with Crippen molar-refractivity contribution in [3.8, 4) is 0 Å². The summed E-state index contributed by atoms with van der Waals surface area (Å²) in [6.45, 7) is 2.15. The normalized spacial score (nSPS) is 21.5. The molecule has 8 heteroatoms. The summed E-state index contributed by atoms with van der Waals surface area (Å²) >= 11 is 1.62. The Kier molecular flexibility index (Phi) is 4.63. The predicted molar refractivity (Wildman–Crippen MR) is 100 cm³/mol. The summed E-state index contributed by atoms with van der Waals surface area (Å²) in [5, 5.41) is 0.968. The van der Waals surface area contributed by atoms with Crippen LogP contribution in [0.25, 0.3) is 11.0 Å². The molecule has 0 radical (unpaired) electrons. The smallest absolute Gasteiger partial charge is 0.262 e. The standard InChI is InChI=1S/C17H22N6OS/c18-9-12-3-1-2-6-23(12)17(24)14-10-22(7-8-25-14)16-13-4-5-19-15(13)20-11-21-16/h4-5,10-12H,1-3,6-9,18H2,(H,19,20,21)/t12-/m0/s1. The Bertz CT molecular complexity index is 803. The fraction of sp³-hybridized carbons (Fsp3) is 0.471. The fourth-order valence-electron chi connectivity index (χ4n) is 3.52. The molecule has 0 aliphatic carbocycles. The van der Waals surface area contributed by atoms with Gasteiger partial charge < -0.3 is 20.5 Å². The molecule has 0 aromatic carbocycles. The van der Waals surface area contributed by atoms with Gasteiger partial charge in [-0.3, -0.25) is 4.79 Å². The van der Waals surface area contributed by atoms with E-state index in [9.17, 15) is 4.79 Å². The number of carbonyl (C=O) groups excluding carboxylic acids is 1. The van der Waals surface area contributed by atoms with E-state index in [0.717, 1.165) is 59.9 Å². The molecule has 4 heterocycles. The molecule has 2 aliphatic heterocycles. The van der Waals surface area contributed by atoms with Crippen LogP contribution in [0, 0.1) is 0 Å². The first-order valence-electron chi connectivity index (χ1n) is 8.68. The van der Waals surface area contributed by atoms with Crippen molar-refractivity contribution in [3.05, 3.63) is 29.7 Å². The number of fused-ring (bicyclic) bond motifs is 1. The Balaban J connectivity index is 1.62. The molecule has 7 nitrogen and oxygen atoms in total. The lowest BCUT2D eigenvalue weighted by molar-refractivity contribution is -0.129. The number of nitrogens with two attached hydrogens (primary N) is 1. The van der Waals surface area contributed by atoms with Crippen LogP contribution in [0.2, 0.25) is 0 Å². The van der Waals surface area contributed by atoms with Gasteiger partial charge in [0.1, 0.15) is 17.8 Å². The Labute approximate surface area is 150 Å². The molecule has 0 bridgehead atoms. The van der Waals surface area contributed by atoms with Crippen molar-refractivity contribution in [1.82, 2.24) is 19.9 Å². The van der Waals surface area contributed by atoms with Crippen LogP contribution in [0.4, 0.5) is 5.82 Å². The molecule has 3 N–H and O–H groups in total. The van der Waals surface area contributed by atoms with Crippen molar-refractivity contribution in [1.29, 1.82) is 0 Å². The predicted octanol–water partition coefficient (Wildman–Crippen LogP) is 1.69. The molecule has 4 rings (SSSR count). The summed E-state index contributed by atoms with van der Waals surface area (Å²) in [5.74, 6) is 1.80. The van der Waals surface area contributed by atoms with Gasteiger partial charge in [-0.05, 0) is 25.3 Å². The number of hydrogen-bond donors (Lipinski definition) is 2. The first-order chi connectivity index (χ1) is 12.3. The Morgan fingerprint density at radius 2 is 2.28 bits per heavy atom. The molecule has 0 spiro atoms. The van der Waals surface area contributed by atoms with Crippen LogP contribution >= 0.6 is 11.8 Å². The maximum atomic E-state index is 13.0. The van der Waals surface area contributed by atoms with Crippen LogP contribution < -0.4 is 10.6 Å². The monoisotopic (exact) mass is 358 g/mol. The van der Waals surface area contributed by atoms with Gasteiger partial charge in [-0.25, -0.2) is 9.97 Å². The zero-order valence-corrected chi connectivity index (χ0v) is 14.8. The molecule has 1 atom stereocenters. The van der Waals surface area contributed by atoms with E-state index in [1.165, 1.54) is 0 Å². The third-order valence-electron chi connectivity index (χ3n) is 4.84. The number of nitrogens with one attached hydrogen (secondary N) is 1. The topological polar surface area (TPSA) is 91.1 Å².